The number of nitrogen functional groups attached to an aromatic ring is 1. The summed E-state index contributed by atoms with van der Waals surface area (Å²) in [6.07, 6.45) is 3.50. The molecule has 0 fully saturated rings. The lowest BCUT2D eigenvalue weighted by Crippen LogP contribution is -2.09. The van der Waals surface area contributed by atoms with Crippen molar-refractivity contribution in [3.63, 3.8) is 0 Å². The second-order valence-electron chi connectivity index (χ2n) is 3.08. The van der Waals surface area contributed by atoms with E-state index in [0.717, 1.165) is 10.7 Å². The van der Waals surface area contributed by atoms with Crippen molar-refractivity contribution in [3.05, 3.63) is 18.0 Å². The highest BCUT2D eigenvalue weighted by molar-refractivity contribution is 7.99. The van der Waals surface area contributed by atoms with Gasteiger partial charge in [0.15, 0.2) is 5.16 Å². The molecule has 2 heterocycles. The minimum atomic E-state index is 0.552. The van der Waals surface area contributed by atoms with Crippen molar-refractivity contribution in [2.45, 2.75) is 22.3 Å². The summed E-state index contributed by atoms with van der Waals surface area (Å²) in [5, 5.41) is 1.93. The quantitative estimate of drug-likeness (QED) is 0.286. The molecule has 0 spiro atoms. The van der Waals surface area contributed by atoms with Gasteiger partial charge in [-0.25, -0.2) is 20.8 Å². The maximum atomic E-state index is 5.34. The molecule has 0 aliphatic carbocycles. The van der Waals surface area contributed by atoms with Crippen LogP contribution in [-0.2, 0) is 0 Å². The molecule has 2 rings (SSSR count). The zero-order chi connectivity index (χ0) is 12.3. The molecule has 0 aliphatic rings. The van der Waals surface area contributed by atoms with Gasteiger partial charge in [0.2, 0.25) is 0 Å². The average Bonchev–Trinajstić information content (AvgIpc) is 2.74. The summed E-state index contributed by atoms with van der Waals surface area (Å²) < 4.78 is 5.25. The molecule has 0 saturated carbocycles. The Kier molecular flexibility index (Phi) is 3.87. The second kappa shape index (κ2) is 5.39. The largest absolute Gasteiger partial charge is 0.439 e. The molecule has 2 aromatic heterocycles. The highest BCUT2D eigenvalue weighted by Crippen LogP contribution is 2.27. The first-order valence-electron chi connectivity index (χ1n) is 4.71. The molecule has 0 amide bonds. The average molecular weight is 269 g/mol. The first-order valence-corrected chi connectivity index (χ1v) is 6.75. The Labute approximate surface area is 107 Å². The van der Waals surface area contributed by atoms with Gasteiger partial charge in [0.1, 0.15) is 17.1 Å². The van der Waals surface area contributed by atoms with E-state index in [2.05, 4.69) is 20.4 Å². The van der Waals surface area contributed by atoms with E-state index in [4.69, 9.17) is 10.3 Å². The van der Waals surface area contributed by atoms with Crippen LogP contribution >= 0.6 is 23.5 Å². The molecule has 2 aromatic rings. The van der Waals surface area contributed by atoms with Crippen LogP contribution in [0, 0.1) is 6.92 Å². The molecule has 0 atom stereocenters. The third-order valence-corrected chi connectivity index (χ3v) is 3.13. The van der Waals surface area contributed by atoms with Crippen molar-refractivity contribution in [1.29, 1.82) is 0 Å². The molecule has 3 N–H and O–H groups in total. The highest BCUT2D eigenvalue weighted by Gasteiger charge is 2.08. The molecule has 8 heteroatoms. The van der Waals surface area contributed by atoms with Crippen molar-refractivity contribution in [2.24, 2.45) is 5.84 Å². The number of nitrogens with two attached hydrogens (primary N) is 1. The van der Waals surface area contributed by atoms with Crippen LogP contribution in [0.2, 0.25) is 0 Å². The van der Waals surface area contributed by atoms with E-state index in [0.29, 0.717) is 16.2 Å². The Hall–Kier alpha value is -1.25. The Morgan fingerprint density at radius 1 is 1.35 bits per heavy atom. The molecule has 0 saturated heterocycles. The summed E-state index contributed by atoms with van der Waals surface area (Å²) in [5.74, 6) is 5.91. The Morgan fingerprint density at radius 2 is 2.18 bits per heavy atom. The fourth-order valence-electron chi connectivity index (χ4n) is 1.09. The fraction of sp³-hybridized carbons (Fsp3) is 0.222. The van der Waals surface area contributed by atoms with Crippen LogP contribution in [0.5, 0.6) is 0 Å². The van der Waals surface area contributed by atoms with Gasteiger partial charge in [-0.3, -0.25) is 0 Å². The fourth-order valence-corrected chi connectivity index (χ4v) is 2.29. The van der Waals surface area contributed by atoms with E-state index in [-0.39, 0.29) is 0 Å². The minimum Gasteiger partial charge on any atom is -0.439 e. The Morgan fingerprint density at radius 3 is 2.76 bits per heavy atom. The third-order valence-electron chi connectivity index (χ3n) is 1.80. The van der Waals surface area contributed by atoms with Crippen LogP contribution in [0.1, 0.15) is 5.69 Å². The maximum Gasteiger partial charge on any atom is 0.262 e. The molecule has 0 unspecified atom stereocenters. The summed E-state index contributed by atoms with van der Waals surface area (Å²) in [5.41, 5.74) is 3.34. The number of aryl methyl sites for hydroxylation is 1. The van der Waals surface area contributed by atoms with Gasteiger partial charge in [-0.15, -0.1) is 0 Å². The summed E-state index contributed by atoms with van der Waals surface area (Å²) in [4.78, 5) is 12.7. The molecule has 6 nitrogen and oxygen atoms in total. The number of hydrogen-bond donors (Lipinski definition) is 2. The number of anilines is 1. The molecular formula is C9H11N5OS2. The number of nitrogens with zero attached hydrogens (tertiary/aromatic N) is 3. The van der Waals surface area contributed by atoms with Crippen LogP contribution in [-0.4, -0.2) is 21.2 Å². The summed E-state index contributed by atoms with van der Waals surface area (Å²) in [6.45, 7) is 1.87. The zero-order valence-electron chi connectivity index (χ0n) is 9.30. The van der Waals surface area contributed by atoms with Gasteiger partial charge in [-0.05, 0) is 24.9 Å². The van der Waals surface area contributed by atoms with Gasteiger partial charge >= 0.3 is 0 Å². The number of hydrazine groups is 1. The van der Waals surface area contributed by atoms with E-state index >= 15 is 0 Å². The van der Waals surface area contributed by atoms with E-state index in [9.17, 15) is 0 Å². The molecular weight excluding hydrogens is 258 g/mol. The number of hydrogen-bond acceptors (Lipinski definition) is 8. The minimum absolute atomic E-state index is 0.552. The van der Waals surface area contributed by atoms with Gasteiger partial charge in [0.05, 0.1) is 5.69 Å². The van der Waals surface area contributed by atoms with Gasteiger partial charge < -0.3 is 9.84 Å². The predicted octanol–water partition coefficient (Wildman–Crippen LogP) is 1.93. The Bertz CT molecular complexity index is 494. The van der Waals surface area contributed by atoms with Crippen molar-refractivity contribution in [1.82, 2.24) is 15.0 Å². The van der Waals surface area contributed by atoms with Crippen molar-refractivity contribution in [2.75, 3.05) is 11.7 Å². The molecule has 0 radical (unpaired) electrons. The molecule has 90 valence electrons. The van der Waals surface area contributed by atoms with Crippen LogP contribution < -0.4 is 11.3 Å². The third kappa shape index (κ3) is 3.11. The van der Waals surface area contributed by atoms with E-state index < -0.39 is 0 Å². The lowest BCUT2D eigenvalue weighted by atomic mass is 10.6. The van der Waals surface area contributed by atoms with E-state index in [1.165, 1.54) is 23.5 Å². The lowest BCUT2D eigenvalue weighted by molar-refractivity contribution is 0.453. The normalized spacial score (nSPS) is 10.5. The number of thioether (sulfide) groups is 1. The first-order chi connectivity index (χ1) is 8.21. The van der Waals surface area contributed by atoms with Crippen LogP contribution in [0.4, 0.5) is 5.82 Å². The smallest absolute Gasteiger partial charge is 0.262 e. The zero-order valence-corrected chi connectivity index (χ0v) is 10.9. The van der Waals surface area contributed by atoms with E-state index in [1.807, 2.05) is 13.2 Å². The standard InChI is InChI=1S/C9H11N5OS2/c1-5-4-15-9(11-5)17-7-3-6(14-10)12-8(13-7)16-2/h3-4H,10H2,1-2H3,(H,12,13,14). The number of oxazole rings is 1. The van der Waals surface area contributed by atoms with Crippen LogP contribution in [0.15, 0.2) is 32.2 Å². The SMILES string of the molecule is CSc1nc(NN)cc(Sc2nc(C)co2)n1. The maximum absolute atomic E-state index is 5.34. The molecule has 0 aromatic carbocycles. The highest BCUT2D eigenvalue weighted by atomic mass is 32.2. The van der Waals surface area contributed by atoms with Crippen molar-refractivity contribution >= 4 is 29.3 Å². The molecule has 17 heavy (non-hydrogen) atoms. The van der Waals surface area contributed by atoms with E-state index in [1.54, 1.807) is 12.3 Å². The molecule has 0 aliphatic heterocycles. The topological polar surface area (TPSA) is 89.9 Å². The number of aromatic nitrogens is 3. The van der Waals surface area contributed by atoms with Gasteiger partial charge in [0, 0.05) is 6.07 Å². The van der Waals surface area contributed by atoms with Gasteiger partial charge in [-0.2, -0.15) is 0 Å². The Balaban J connectivity index is 2.25. The van der Waals surface area contributed by atoms with Gasteiger partial charge in [0.25, 0.3) is 5.22 Å². The van der Waals surface area contributed by atoms with Crippen LogP contribution in [0.25, 0.3) is 0 Å². The number of nitrogens with one attached hydrogen (secondary N) is 1. The number of rotatable bonds is 4. The van der Waals surface area contributed by atoms with Crippen molar-refractivity contribution < 1.29 is 4.42 Å². The van der Waals surface area contributed by atoms with Crippen molar-refractivity contribution in [3.8, 4) is 0 Å². The lowest BCUT2D eigenvalue weighted by Gasteiger charge is -2.03. The summed E-state index contributed by atoms with van der Waals surface area (Å²) >= 11 is 2.78. The summed E-state index contributed by atoms with van der Waals surface area (Å²) in [6, 6.07) is 1.74. The monoisotopic (exact) mass is 269 g/mol. The van der Waals surface area contributed by atoms with Crippen LogP contribution in [0.3, 0.4) is 0 Å². The summed E-state index contributed by atoms with van der Waals surface area (Å²) in [7, 11) is 0. The predicted molar refractivity (Wildman–Crippen MR) is 67.0 cm³/mol. The first kappa shape index (κ1) is 12.2. The second-order valence-corrected chi connectivity index (χ2v) is 4.82. The molecule has 0 bridgehead atoms. The van der Waals surface area contributed by atoms with Gasteiger partial charge in [-0.1, -0.05) is 11.8 Å².